The highest BCUT2D eigenvalue weighted by atomic mass is 79.9. The van der Waals surface area contributed by atoms with Gasteiger partial charge in [0, 0.05) is 23.6 Å². The Morgan fingerprint density at radius 2 is 2.00 bits per heavy atom. The van der Waals surface area contributed by atoms with E-state index in [1.54, 1.807) is 13.1 Å². The summed E-state index contributed by atoms with van der Waals surface area (Å²) in [7, 11) is 1.80. The number of halogens is 4. The van der Waals surface area contributed by atoms with Crippen LogP contribution in [-0.2, 0) is 12.7 Å². The van der Waals surface area contributed by atoms with Crippen LogP contribution >= 0.6 is 15.9 Å². The highest BCUT2D eigenvalue weighted by molar-refractivity contribution is 9.10. The fourth-order valence-electron chi connectivity index (χ4n) is 1.63. The largest absolute Gasteiger partial charge is 0.416 e. The molecular formula is C12H16BrF3N2. The van der Waals surface area contributed by atoms with Crippen LogP contribution in [0.3, 0.4) is 0 Å². The lowest BCUT2D eigenvalue weighted by Crippen LogP contribution is -2.34. The second kappa shape index (κ2) is 6.54. The fraction of sp³-hybridized carbons (Fsp3) is 0.500. The van der Waals surface area contributed by atoms with E-state index in [0.717, 1.165) is 6.07 Å². The van der Waals surface area contributed by atoms with Gasteiger partial charge in [-0.05, 0) is 31.7 Å². The molecule has 18 heavy (non-hydrogen) atoms. The zero-order chi connectivity index (χ0) is 13.8. The highest BCUT2D eigenvalue weighted by Gasteiger charge is 2.33. The van der Waals surface area contributed by atoms with Gasteiger partial charge >= 0.3 is 6.18 Å². The van der Waals surface area contributed by atoms with Gasteiger partial charge in [-0.3, -0.25) is 0 Å². The monoisotopic (exact) mass is 324 g/mol. The highest BCUT2D eigenvalue weighted by Crippen LogP contribution is 2.33. The third-order valence-electron chi connectivity index (χ3n) is 2.53. The van der Waals surface area contributed by atoms with Crippen molar-refractivity contribution in [2.45, 2.75) is 25.7 Å². The average molecular weight is 325 g/mol. The van der Waals surface area contributed by atoms with Crippen LogP contribution in [0, 0.1) is 0 Å². The molecule has 1 rings (SSSR count). The second-order valence-electron chi connectivity index (χ2n) is 4.14. The van der Waals surface area contributed by atoms with E-state index in [9.17, 15) is 13.2 Å². The van der Waals surface area contributed by atoms with Crippen LogP contribution in [0.25, 0.3) is 0 Å². The van der Waals surface area contributed by atoms with Crippen molar-refractivity contribution in [1.29, 1.82) is 0 Å². The number of rotatable bonds is 5. The molecule has 0 aliphatic rings. The van der Waals surface area contributed by atoms with Crippen molar-refractivity contribution in [1.82, 2.24) is 10.6 Å². The van der Waals surface area contributed by atoms with E-state index in [2.05, 4.69) is 26.6 Å². The minimum absolute atomic E-state index is 0.111. The lowest BCUT2D eigenvalue weighted by atomic mass is 10.1. The molecule has 0 amide bonds. The third kappa shape index (κ3) is 4.59. The molecule has 0 spiro atoms. The quantitative estimate of drug-likeness (QED) is 0.869. The van der Waals surface area contributed by atoms with Gasteiger partial charge in [-0.1, -0.05) is 22.0 Å². The normalized spacial score (nSPS) is 13.7. The summed E-state index contributed by atoms with van der Waals surface area (Å²) in [6.45, 7) is 2.82. The first-order chi connectivity index (χ1) is 8.34. The number of alkyl halides is 3. The summed E-state index contributed by atoms with van der Waals surface area (Å²) >= 11 is 3.06. The Morgan fingerprint density at radius 1 is 1.33 bits per heavy atom. The average Bonchev–Trinajstić information content (AvgIpc) is 2.26. The maximum Gasteiger partial charge on any atom is 0.416 e. The van der Waals surface area contributed by atoms with Crippen LogP contribution in [-0.4, -0.2) is 19.6 Å². The fourth-order valence-corrected chi connectivity index (χ4v) is 1.99. The zero-order valence-electron chi connectivity index (χ0n) is 10.2. The van der Waals surface area contributed by atoms with Crippen LogP contribution < -0.4 is 10.6 Å². The van der Waals surface area contributed by atoms with Gasteiger partial charge in [-0.2, -0.15) is 13.2 Å². The van der Waals surface area contributed by atoms with Gasteiger partial charge in [0.2, 0.25) is 0 Å². The first kappa shape index (κ1) is 15.5. The number of hydrogen-bond donors (Lipinski definition) is 2. The molecule has 0 aliphatic heterocycles. The topological polar surface area (TPSA) is 24.1 Å². The summed E-state index contributed by atoms with van der Waals surface area (Å²) in [5.41, 5.74) is -0.338. The second-order valence-corrected chi connectivity index (χ2v) is 5.05. The first-order valence-corrected chi connectivity index (χ1v) is 6.37. The van der Waals surface area contributed by atoms with Crippen molar-refractivity contribution in [2.75, 3.05) is 13.6 Å². The summed E-state index contributed by atoms with van der Waals surface area (Å²) in [6, 6.07) is 4.33. The molecule has 0 saturated heterocycles. The minimum atomic E-state index is -4.33. The zero-order valence-corrected chi connectivity index (χ0v) is 11.8. The Hall–Kier alpha value is -0.590. The summed E-state index contributed by atoms with van der Waals surface area (Å²) in [5, 5.41) is 6.02. The molecule has 0 aromatic heterocycles. The van der Waals surface area contributed by atoms with E-state index < -0.39 is 11.7 Å². The van der Waals surface area contributed by atoms with Crippen LogP contribution in [0.15, 0.2) is 22.7 Å². The molecule has 0 saturated carbocycles. The lowest BCUT2D eigenvalue weighted by Gasteiger charge is -2.17. The van der Waals surface area contributed by atoms with Gasteiger partial charge in [0.15, 0.2) is 0 Å². The molecule has 1 atom stereocenters. The molecule has 2 nitrogen and oxygen atoms in total. The molecule has 6 heteroatoms. The van der Waals surface area contributed by atoms with Gasteiger partial charge in [-0.15, -0.1) is 0 Å². The Kier molecular flexibility index (Phi) is 5.62. The van der Waals surface area contributed by atoms with E-state index in [4.69, 9.17) is 0 Å². The smallest absolute Gasteiger partial charge is 0.318 e. The number of hydrogen-bond acceptors (Lipinski definition) is 2. The number of benzene rings is 1. The Balaban J connectivity index is 2.82. The van der Waals surface area contributed by atoms with Crippen LogP contribution in [0.5, 0.6) is 0 Å². The molecule has 0 heterocycles. The maximum absolute atomic E-state index is 12.8. The summed E-state index contributed by atoms with van der Waals surface area (Å²) in [6.07, 6.45) is -4.33. The van der Waals surface area contributed by atoms with Gasteiger partial charge < -0.3 is 10.6 Å². The van der Waals surface area contributed by atoms with Gasteiger partial charge in [0.25, 0.3) is 0 Å². The van der Waals surface area contributed by atoms with Crippen molar-refractivity contribution in [3.63, 3.8) is 0 Å². The van der Waals surface area contributed by atoms with E-state index in [0.29, 0.717) is 11.0 Å². The summed E-state index contributed by atoms with van der Waals surface area (Å²) in [4.78, 5) is 0. The van der Waals surface area contributed by atoms with E-state index in [1.807, 2.05) is 6.92 Å². The van der Waals surface area contributed by atoms with Crippen LogP contribution in [0.4, 0.5) is 13.2 Å². The Morgan fingerprint density at radius 3 is 2.56 bits per heavy atom. The molecule has 0 fully saturated rings. The first-order valence-electron chi connectivity index (χ1n) is 5.58. The van der Waals surface area contributed by atoms with E-state index >= 15 is 0 Å². The van der Waals surface area contributed by atoms with Crippen LogP contribution in [0.1, 0.15) is 18.1 Å². The van der Waals surface area contributed by atoms with Crippen molar-refractivity contribution < 1.29 is 13.2 Å². The van der Waals surface area contributed by atoms with Gasteiger partial charge in [0.1, 0.15) is 0 Å². The van der Waals surface area contributed by atoms with E-state index in [-0.39, 0.29) is 18.2 Å². The van der Waals surface area contributed by atoms with Crippen molar-refractivity contribution in [3.8, 4) is 0 Å². The molecule has 1 unspecified atom stereocenters. The Bertz CT molecular complexity index is 393. The predicted octanol–water partition coefficient (Wildman–Crippen LogP) is 3.17. The third-order valence-corrected chi connectivity index (χ3v) is 3.02. The van der Waals surface area contributed by atoms with E-state index in [1.165, 1.54) is 6.07 Å². The maximum atomic E-state index is 12.8. The van der Waals surface area contributed by atoms with Crippen molar-refractivity contribution >= 4 is 15.9 Å². The molecule has 0 bridgehead atoms. The summed E-state index contributed by atoms with van der Waals surface area (Å²) in [5.74, 6) is 0. The summed E-state index contributed by atoms with van der Waals surface area (Å²) < 4.78 is 39.0. The van der Waals surface area contributed by atoms with Crippen molar-refractivity contribution in [3.05, 3.63) is 33.8 Å². The van der Waals surface area contributed by atoms with Gasteiger partial charge in [0.05, 0.1) is 5.56 Å². The minimum Gasteiger partial charge on any atom is -0.318 e. The predicted molar refractivity (Wildman–Crippen MR) is 69.4 cm³/mol. The Labute approximate surface area is 113 Å². The number of nitrogens with one attached hydrogen (secondary N) is 2. The standard InChI is InChI=1S/C12H16BrF3N2/c1-8(6-17-2)18-7-9-3-4-10(13)5-11(9)12(14,15)16/h3-5,8,17-18H,6-7H2,1-2H3. The lowest BCUT2D eigenvalue weighted by molar-refractivity contribution is -0.138. The molecule has 102 valence electrons. The molecule has 0 radical (unpaired) electrons. The molecule has 1 aromatic carbocycles. The number of likely N-dealkylation sites (N-methyl/N-ethyl adjacent to an activating group) is 1. The van der Waals surface area contributed by atoms with Crippen LogP contribution in [0.2, 0.25) is 0 Å². The molecule has 0 aliphatic carbocycles. The van der Waals surface area contributed by atoms with Crippen molar-refractivity contribution in [2.24, 2.45) is 0 Å². The van der Waals surface area contributed by atoms with Gasteiger partial charge in [-0.25, -0.2) is 0 Å². The molecule has 2 N–H and O–H groups in total. The molecule has 1 aromatic rings. The SMILES string of the molecule is CNCC(C)NCc1ccc(Br)cc1C(F)(F)F. The molecular weight excluding hydrogens is 309 g/mol.